The summed E-state index contributed by atoms with van der Waals surface area (Å²) in [6, 6.07) is 15.3. The van der Waals surface area contributed by atoms with Crippen molar-refractivity contribution in [1.29, 1.82) is 0 Å². The van der Waals surface area contributed by atoms with Crippen LogP contribution in [-0.2, 0) is 16.6 Å². The topological polar surface area (TPSA) is 113 Å². The van der Waals surface area contributed by atoms with Crippen molar-refractivity contribution in [2.75, 3.05) is 16.7 Å². The number of nitrogens with one attached hydrogen (secondary N) is 1. The SMILES string of the molecule is NNC(=O)c1ccc(CN(c2ccccc2)S(=O)(=O)CCCO)cc1. The van der Waals surface area contributed by atoms with Crippen molar-refractivity contribution in [3.05, 3.63) is 65.7 Å². The minimum atomic E-state index is -3.59. The van der Waals surface area contributed by atoms with E-state index in [-0.39, 0.29) is 25.3 Å². The highest BCUT2D eigenvalue weighted by Crippen LogP contribution is 2.21. The minimum absolute atomic E-state index is 0.127. The molecule has 0 saturated heterocycles. The van der Waals surface area contributed by atoms with Crippen LogP contribution in [0.2, 0.25) is 0 Å². The molecule has 0 aliphatic carbocycles. The second-order valence-electron chi connectivity index (χ2n) is 5.41. The molecule has 0 saturated carbocycles. The summed E-state index contributed by atoms with van der Waals surface area (Å²) >= 11 is 0. The standard InChI is InChI=1S/C17H21N3O4S/c18-19-17(22)15-9-7-14(8-10-15)13-20(16-5-2-1-3-6-16)25(23,24)12-4-11-21/h1-3,5-10,21H,4,11-13,18H2,(H,19,22). The maximum absolute atomic E-state index is 12.7. The van der Waals surface area contributed by atoms with Crippen LogP contribution in [0.3, 0.4) is 0 Å². The summed E-state index contributed by atoms with van der Waals surface area (Å²) in [5.74, 6) is 4.53. The predicted molar refractivity (Wildman–Crippen MR) is 96.2 cm³/mol. The molecule has 0 radical (unpaired) electrons. The van der Waals surface area contributed by atoms with Crippen molar-refractivity contribution in [2.24, 2.45) is 5.84 Å². The normalized spacial score (nSPS) is 11.1. The Morgan fingerprint density at radius 2 is 1.72 bits per heavy atom. The smallest absolute Gasteiger partial charge is 0.265 e. The van der Waals surface area contributed by atoms with E-state index in [9.17, 15) is 13.2 Å². The molecule has 0 unspecified atom stereocenters. The number of carbonyl (C=O) groups is 1. The van der Waals surface area contributed by atoms with Crippen LogP contribution in [0.1, 0.15) is 22.3 Å². The number of nitrogens with zero attached hydrogens (tertiary/aromatic N) is 1. The summed E-state index contributed by atoms with van der Waals surface area (Å²) in [5.41, 5.74) is 3.71. The molecule has 0 spiro atoms. The van der Waals surface area contributed by atoms with E-state index in [4.69, 9.17) is 10.9 Å². The van der Waals surface area contributed by atoms with Gasteiger partial charge in [0.05, 0.1) is 18.0 Å². The third kappa shape index (κ3) is 5.02. The summed E-state index contributed by atoms with van der Waals surface area (Å²) in [6.45, 7) is -0.0624. The van der Waals surface area contributed by atoms with E-state index in [1.807, 2.05) is 11.5 Å². The number of anilines is 1. The summed E-state index contributed by atoms with van der Waals surface area (Å²) in [7, 11) is -3.59. The number of nitrogens with two attached hydrogens (primary N) is 1. The summed E-state index contributed by atoms with van der Waals surface area (Å²) in [6.07, 6.45) is 0.168. The van der Waals surface area contributed by atoms with Crippen LogP contribution in [0.25, 0.3) is 0 Å². The third-order valence-corrected chi connectivity index (χ3v) is 5.43. The Balaban J connectivity index is 2.29. The summed E-state index contributed by atoms with van der Waals surface area (Å²) in [5, 5.41) is 8.95. The lowest BCUT2D eigenvalue weighted by Gasteiger charge is -2.24. The van der Waals surface area contributed by atoms with Crippen LogP contribution >= 0.6 is 0 Å². The molecule has 0 aromatic heterocycles. The second kappa shape index (κ2) is 8.61. The Labute approximate surface area is 147 Å². The Morgan fingerprint density at radius 3 is 2.28 bits per heavy atom. The molecule has 0 atom stereocenters. The van der Waals surface area contributed by atoms with Crippen molar-refractivity contribution in [3.63, 3.8) is 0 Å². The number of rotatable bonds is 8. The first-order chi connectivity index (χ1) is 12.0. The number of hydrogen-bond acceptors (Lipinski definition) is 5. The van der Waals surface area contributed by atoms with Gasteiger partial charge in [0.25, 0.3) is 5.91 Å². The summed E-state index contributed by atoms with van der Waals surface area (Å²) in [4.78, 5) is 11.5. The van der Waals surface area contributed by atoms with Crippen molar-refractivity contribution in [3.8, 4) is 0 Å². The van der Waals surface area contributed by atoms with E-state index in [1.165, 1.54) is 4.31 Å². The fourth-order valence-corrected chi connectivity index (χ4v) is 3.82. The van der Waals surface area contributed by atoms with Gasteiger partial charge in [-0.2, -0.15) is 0 Å². The van der Waals surface area contributed by atoms with Gasteiger partial charge in [0.2, 0.25) is 10.0 Å². The number of hydrazine groups is 1. The molecular weight excluding hydrogens is 342 g/mol. The molecule has 7 nitrogen and oxygen atoms in total. The highest BCUT2D eigenvalue weighted by atomic mass is 32.2. The summed E-state index contributed by atoms with van der Waals surface area (Å²) < 4.78 is 26.6. The molecule has 2 rings (SSSR count). The van der Waals surface area contributed by atoms with Gasteiger partial charge >= 0.3 is 0 Å². The van der Waals surface area contributed by atoms with Gasteiger partial charge < -0.3 is 5.11 Å². The van der Waals surface area contributed by atoms with E-state index < -0.39 is 15.9 Å². The van der Waals surface area contributed by atoms with Crippen LogP contribution in [0.5, 0.6) is 0 Å². The molecule has 2 aromatic rings. The van der Waals surface area contributed by atoms with Crippen molar-refractivity contribution >= 4 is 21.6 Å². The predicted octanol–water partition coefficient (Wildman–Crippen LogP) is 1.01. The van der Waals surface area contributed by atoms with Gasteiger partial charge in [-0.1, -0.05) is 30.3 Å². The molecule has 0 fully saturated rings. The van der Waals surface area contributed by atoms with E-state index in [2.05, 4.69) is 0 Å². The number of para-hydroxylation sites is 1. The van der Waals surface area contributed by atoms with Crippen molar-refractivity contribution in [2.45, 2.75) is 13.0 Å². The van der Waals surface area contributed by atoms with Crippen LogP contribution < -0.4 is 15.6 Å². The Hall–Kier alpha value is -2.42. The number of carbonyl (C=O) groups excluding carboxylic acids is 1. The number of aliphatic hydroxyl groups excluding tert-OH is 1. The lowest BCUT2D eigenvalue weighted by Crippen LogP contribution is -2.33. The fourth-order valence-electron chi connectivity index (χ4n) is 2.31. The molecule has 0 heterocycles. The van der Waals surface area contributed by atoms with Crippen LogP contribution in [0, 0.1) is 0 Å². The second-order valence-corrected chi connectivity index (χ2v) is 7.42. The number of hydrogen-bond donors (Lipinski definition) is 3. The number of nitrogen functional groups attached to an aromatic ring is 1. The molecule has 134 valence electrons. The van der Waals surface area contributed by atoms with Gasteiger partial charge in [-0.3, -0.25) is 14.5 Å². The van der Waals surface area contributed by atoms with E-state index >= 15 is 0 Å². The van der Waals surface area contributed by atoms with Crippen LogP contribution in [0.4, 0.5) is 5.69 Å². The maximum Gasteiger partial charge on any atom is 0.265 e. The zero-order chi connectivity index (χ0) is 18.3. The van der Waals surface area contributed by atoms with Gasteiger partial charge in [0.15, 0.2) is 0 Å². The van der Waals surface area contributed by atoms with Gasteiger partial charge in [0.1, 0.15) is 0 Å². The van der Waals surface area contributed by atoms with E-state index in [0.29, 0.717) is 11.3 Å². The molecular formula is C17H21N3O4S. The fraction of sp³-hybridized carbons (Fsp3) is 0.235. The molecule has 1 amide bonds. The molecule has 25 heavy (non-hydrogen) atoms. The largest absolute Gasteiger partial charge is 0.396 e. The van der Waals surface area contributed by atoms with Gasteiger partial charge in [0, 0.05) is 12.2 Å². The average molecular weight is 363 g/mol. The van der Waals surface area contributed by atoms with Crippen molar-refractivity contribution < 1.29 is 18.3 Å². The quantitative estimate of drug-likeness (QED) is 0.368. The molecule has 2 aromatic carbocycles. The molecule has 4 N–H and O–H groups in total. The number of benzene rings is 2. The molecule has 0 bridgehead atoms. The first-order valence-corrected chi connectivity index (χ1v) is 9.35. The van der Waals surface area contributed by atoms with E-state index in [1.54, 1.807) is 48.5 Å². The number of aliphatic hydroxyl groups is 1. The lowest BCUT2D eigenvalue weighted by atomic mass is 10.1. The maximum atomic E-state index is 12.7. The molecule has 8 heteroatoms. The lowest BCUT2D eigenvalue weighted by molar-refractivity contribution is 0.0953. The number of sulfonamides is 1. The van der Waals surface area contributed by atoms with Crippen LogP contribution in [0.15, 0.2) is 54.6 Å². The molecule has 0 aliphatic heterocycles. The van der Waals surface area contributed by atoms with E-state index in [0.717, 1.165) is 5.56 Å². The Kier molecular flexibility index (Phi) is 6.51. The van der Waals surface area contributed by atoms with Crippen LogP contribution in [-0.4, -0.2) is 31.8 Å². The zero-order valence-corrected chi connectivity index (χ0v) is 14.4. The number of amides is 1. The van der Waals surface area contributed by atoms with Crippen molar-refractivity contribution in [1.82, 2.24) is 5.43 Å². The monoisotopic (exact) mass is 363 g/mol. The van der Waals surface area contributed by atoms with Gasteiger partial charge in [-0.05, 0) is 36.2 Å². The molecule has 0 aliphatic rings. The highest BCUT2D eigenvalue weighted by Gasteiger charge is 2.22. The highest BCUT2D eigenvalue weighted by molar-refractivity contribution is 7.92. The average Bonchev–Trinajstić information content (AvgIpc) is 2.65. The Morgan fingerprint density at radius 1 is 1.08 bits per heavy atom. The zero-order valence-electron chi connectivity index (χ0n) is 13.6. The first-order valence-electron chi connectivity index (χ1n) is 7.74. The first kappa shape index (κ1) is 18.9. The van der Waals surface area contributed by atoms with Gasteiger partial charge in [-0.15, -0.1) is 0 Å². The third-order valence-electron chi connectivity index (χ3n) is 3.61. The minimum Gasteiger partial charge on any atom is -0.396 e. The Bertz CT molecular complexity index is 792. The van der Waals surface area contributed by atoms with Gasteiger partial charge in [-0.25, -0.2) is 14.3 Å².